The highest BCUT2D eigenvalue weighted by atomic mass is 16.5. The second-order valence-electron chi connectivity index (χ2n) is 5.47. The van der Waals surface area contributed by atoms with Crippen LogP contribution >= 0.6 is 0 Å². The summed E-state index contributed by atoms with van der Waals surface area (Å²) in [5.74, 6) is 0.933. The SMILES string of the molecule is C=CCNCCc1ccc2c(c1)NCC(c1ccccc1)O2. The van der Waals surface area contributed by atoms with Crippen LogP contribution in [0.1, 0.15) is 17.2 Å². The molecule has 1 aliphatic heterocycles. The van der Waals surface area contributed by atoms with Gasteiger partial charge in [-0.1, -0.05) is 42.5 Å². The fourth-order valence-electron chi connectivity index (χ4n) is 2.66. The van der Waals surface area contributed by atoms with Gasteiger partial charge in [0, 0.05) is 6.54 Å². The molecular formula is C19H22N2O. The number of anilines is 1. The minimum absolute atomic E-state index is 0.0776. The minimum Gasteiger partial charge on any atom is -0.482 e. The molecule has 0 bridgehead atoms. The van der Waals surface area contributed by atoms with Crippen molar-refractivity contribution in [2.24, 2.45) is 0 Å². The van der Waals surface area contributed by atoms with Crippen molar-refractivity contribution >= 4 is 5.69 Å². The highest BCUT2D eigenvalue weighted by molar-refractivity contribution is 5.60. The van der Waals surface area contributed by atoms with Gasteiger partial charge in [0.1, 0.15) is 11.9 Å². The van der Waals surface area contributed by atoms with Crippen LogP contribution in [0.4, 0.5) is 5.69 Å². The topological polar surface area (TPSA) is 33.3 Å². The van der Waals surface area contributed by atoms with E-state index in [0.29, 0.717) is 0 Å². The van der Waals surface area contributed by atoms with Crippen LogP contribution < -0.4 is 15.4 Å². The van der Waals surface area contributed by atoms with Crippen LogP contribution in [-0.2, 0) is 6.42 Å². The third kappa shape index (κ3) is 3.49. The molecule has 1 aliphatic rings. The van der Waals surface area contributed by atoms with Crippen LogP contribution in [0, 0.1) is 0 Å². The molecular weight excluding hydrogens is 272 g/mol. The molecule has 0 spiro atoms. The molecule has 114 valence electrons. The van der Waals surface area contributed by atoms with Gasteiger partial charge in [0.25, 0.3) is 0 Å². The zero-order valence-electron chi connectivity index (χ0n) is 12.7. The number of benzene rings is 2. The molecule has 2 aromatic carbocycles. The molecule has 1 atom stereocenters. The first-order valence-electron chi connectivity index (χ1n) is 7.77. The fourth-order valence-corrected chi connectivity index (χ4v) is 2.66. The molecule has 2 N–H and O–H groups in total. The standard InChI is InChI=1S/C19H22N2O/c1-2-11-20-12-10-15-8-9-18-17(13-15)21-14-19(22-18)16-6-4-3-5-7-16/h2-9,13,19-21H,1,10-12,14H2. The molecule has 22 heavy (non-hydrogen) atoms. The van der Waals surface area contributed by atoms with E-state index in [1.165, 1.54) is 11.1 Å². The summed E-state index contributed by atoms with van der Waals surface area (Å²) in [4.78, 5) is 0. The van der Waals surface area contributed by atoms with Gasteiger partial charge >= 0.3 is 0 Å². The van der Waals surface area contributed by atoms with Gasteiger partial charge in [0.05, 0.1) is 12.2 Å². The number of hydrogen-bond donors (Lipinski definition) is 2. The predicted octanol–water partition coefficient (Wildman–Crippen LogP) is 3.55. The summed E-state index contributed by atoms with van der Waals surface area (Å²) < 4.78 is 6.12. The number of nitrogens with one attached hydrogen (secondary N) is 2. The van der Waals surface area contributed by atoms with Gasteiger partial charge in [-0.3, -0.25) is 0 Å². The molecule has 0 radical (unpaired) electrons. The first-order valence-corrected chi connectivity index (χ1v) is 7.77. The van der Waals surface area contributed by atoms with Crippen molar-refractivity contribution < 1.29 is 4.74 Å². The van der Waals surface area contributed by atoms with Gasteiger partial charge in [-0.2, -0.15) is 0 Å². The lowest BCUT2D eigenvalue weighted by molar-refractivity contribution is 0.210. The van der Waals surface area contributed by atoms with Crippen LogP contribution in [0.5, 0.6) is 5.75 Å². The normalized spacial score (nSPS) is 16.3. The Kier molecular flexibility index (Phi) is 4.76. The van der Waals surface area contributed by atoms with E-state index in [4.69, 9.17) is 4.74 Å². The van der Waals surface area contributed by atoms with Gasteiger partial charge in [-0.15, -0.1) is 6.58 Å². The molecule has 3 rings (SSSR count). The van der Waals surface area contributed by atoms with Crippen molar-refractivity contribution in [3.63, 3.8) is 0 Å². The van der Waals surface area contributed by atoms with Crippen molar-refractivity contribution in [3.8, 4) is 5.75 Å². The fraction of sp³-hybridized carbons (Fsp3) is 0.263. The smallest absolute Gasteiger partial charge is 0.143 e. The van der Waals surface area contributed by atoms with E-state index in [-0.39, 0.29) is 6.10 Å². The molecule has 0 aliphatic carbocycles. The van der Waals surface area contributed by atoms with Crippen molar-refractivity contribution in [1.82, 2.24) is 5.32 Å². The van der Waals surface area contributed by atoms with Gasteiger partial charge in [0.15, 0.2) is 0 Å². The molecule has 3 nitrogen and oxygen atoms in total. The Labute approximate surface area is 132 Å². The van der Waals surface area contributed by atoms with Crippen molar-refractivity contribution in [2.75, 3.05) is 25.0 Å². The Morgan fingerprint density at radius 2 is 2.09 bits per heavy atom. The summed E-state index contributed by atoms with van der Waals surface area (Å²) in [7, 11) is 0. The summed E-state index contributed by atoms with van der Waals surface area (Å²) in [6, 6.07) is 16.7. The van der Waals surface area contributed by atoms with Crippen LogP contribution in [0.2, 0.25) is 0 Å². The van der Waals surface area contributed by atoms with E-state index in [2.05, 4.69) is 47.5 Å². The number of hydrogen-bond acceptors (Lipinski definition) is 3. The molecule has 0 aromatic heterocycles. The second kappa shape index (κ2) is 7.14. The third-order valence-electron chi connectivity index (χ3n) is 3.84. The molecule has 1 heterocycles. The Hall–Kier alpha value is -2.26. The van der Waals surface area contributed by atoms with E-state index in [1.807, 2.05) is 24.3 Å². The summed E-state index contributed by atoms with van der Waals surface area (Å²) in [6.07, 6.45) is 2.96. The van der Waals surface area contributed by atoms with E-state index in [1.54, 1.807) is 0 Å². The lowest BCUT2D eigenvalue weighted by Gasteiger charge is -2.28. The van der Waals surface area contributed by atoms with Crippen molar-refractivity contribution in [1.29, 1.82) is 0 Å². The second-order valence-corrected chi connectivity index (χ2v) is 5.47. The van der Waals surface area contributed by atoms with E-state index in [9.17, 15) is 0 Å². The molecule has 3 heteroatoms. The van der Waals surface area contributed by atoms with Crippen LogP contribution in [0.25, 0.3) is 0 Å². The minimum atomic E-state index is 0.0776. The zero-order valence-corrected chi connectivity index (χ0v) is 12.7. The van der Waals surface area contributed by atoms with Crippen LogP contribution in [0.15, 0.2) is 61.2 Å². The van der Waals surface area contributed by atoms with Gasteiger partial charge in [-0.05, 0) is 36.2 Å². The van der Waals surface area contributed by atoms with Crippen LogP contribution in [0.3, 0.4) is 0 Å². The van der Waals surface area contributed by atoms with Gasteiger partial charge in [-0.25, -0.2) is 0 Å². The van der Waals surface area contributed by atoms with E-state index in [0.717, 1.165) is 37.5 Å². The largest absolute Gasteiger partial charge is 0.482 e. The zero-order chi connectivity index (χ0) is 15.2. The Morgan fingerprint density at radius 3 is 2.91 bits per heavy atom. The third-order valence-corrected chi connectivity index (χ3v) is 3.84. The van der Waals surface area contributed by atoms with Crippen LogP contribution in [-0.4, -0.2) is 19.6 Å². The van der Waals surface area contributed by atoms with E-state index < -0.39 is 0 Å². The molecule has 0 saturated carbocycles. The number of ether oxygens (including phenoxy) is 1. The Bertz CT molecular complexity index is 625. The molecule has 0 saturated heterocycles. The summed E-state index contributed by atoms with van der Waals surface area (Å²) in [5, 5.41) is 6.81. The maximum Gasteiger partial charge on any atom is 0.143 e. The maximum atomic E-state index is 6.12. The predicted molar refractivity (Wildman–Crippen MR) is 91.5 cm³/mol. The first-order chi connectivity index (χ1) is 10.9. The quantitative estimate of drug-likeness (QED) is 0.631. The number of rotatable bonds is 6. The van der Waals surface area contributed by atoms with E-state index >= 15 is 0 Å². The van der Waals surface area contributed by atoms with Crippen molar-refractivity contribution in [2.45, 2.75) is 12.5 Å². The average Bonchev–Trinajstić information content (AvgIpc) is 2.59. The Morgan fingerprint density at radius 1 is 1.23 bits per heavy atom. The van der Waals surface area contributed by atoms with Gasteiger partial charge in [0.2, 0.25) is 0 Å². The lowest BCUT2D eigenvalue weighted by Crippen LogP contribution is -2.23. The monoisotopic (exact) mass is 294 g/mol. The molecule has 1 unspecified atom stereocenters. The Balaban J connectivity index is 1.65. The summed E-state index contributed by atoms with van der Waals surface area (Å²) in [5.41, 5.74) is 3.61. The lowest BCUT2D eigenvalue weighted by atomic mass is 10.1. The molecule has 0 amide bonds. The number of fused-ring (bicyclic) bond motifs is 1. The molecule has 0 fully saturated rings. The average molecular weight is 294 g/mol. The summed E-state index contributed by atoms with van der Waals surface area (Å²) >= 11 is 0. The molecule has 2 aromatic rings. The summed E-state index contributed by atoms with van der Waals surface area (Å²) in [6.45, 7) is 6.32. The highest BCUT2D eigenvalue weighted by Gasteiger charge is 2.20. The van der Waals surface area contributed by atoms with Crippen molar-refractivity contribution in [3.05, 3.63) is 72.3 Å². The highest BCUT2D eigenvalue weighted by Crippen LogP contribution is 2.34. The first kappa shape index (κ1) is 14.7. The van der Waals surface area contributed by atoms with Gasteiger partial charge < -0.3 is 15.4 Å². The maximum absolute atomic E-state index is 6.12.